The zero-order chi connectivity index (χ0) is 14.9. The SMILES string of the molecule is CCNC1(C(N)=O)CCCC(N2CCn3cnnc3C2)C1. The Balaban J connectivity index is 1.73. The van der Waals surface area contributed by atoms with E-state index in [9.17, 15) is 4.79 Å². The van der Waals surface area contributed by atoms with Gasteiger partial charge in [-0.05, 0) is 32.2 Å². The molecule has 1 saturated carbocycles. The van der Waals surface area contributed by atoms with Crippen molar-refractivity contribution in [3.05, 3.63) is 12.2 Å². The lowest BCUT2D eigenvalue weighted by atomic mass is 9.77. The minimum Gasteiger partial charge on any atom is -0.368 e. The molecule has 116 valence electrons. The Bertz CT molecular complexity index is 511. The van der Waals surface area contributed by atoms with Crippen molar-refractivity contribution in [3.63, 3.8) is 0 Å². The van der Waals surface area contributed by atoms with Crippen LogP contribution in [-0.2, 0) is 17.9 Å². The van der Waals surface area contributed by atoms with Crippen molar-refractivity contribution >= 4 is 5.91 Å². The molecule has 21 heavy (non-hydrogen) atoms. The maximum Gasteiger partial charge on any atom is 0.237 e. The van der Waals surface area contributed by atoms with Gasteiger partial charge >= 0.3 is 0 Å². The number of carbonyl (C=O) groups is 1. The predicted molar refractivity (Wildman–Crippen MR) is 78.3 cm³/mol. The van der Waals surface area contributed by atoms with Gasteiger partial charge in [-0.2, -0.15) is 0 Å². The summed E-state index contributed by atoms with van der Waals surface area (Å²) in [6.45, 7) is 5.51. The Morgan fingerprint density at radius 3 is 3.19 bits per heavy atom. The first kappa shape index (κ1) is 14.5. The smallest absolute Gasteiger partial charge is 0.237 e. The van der Waals surface area contributed by atoms with Gasteiger partial charge in [0.15, 0.2) is 0 Å². The molecule has 0 radical (unpaired) electrons. The fourth-order valence-corrected chi connectivity index (χ4v) is 3.76. The number of hydrogen-bond donors (Lipinski definition) is 2. The first-order chi connectivity index (χ1) is 10.1. The topological polar surface area (TPSA) is 89.1 Å². The van der Waals surface area contributed by atoms with Crippen LogP contribution in [0.1, 0.15) is 38.4 Å². The molecular formula is C14H24N6O. The summed E-state index contributed by atoms with van der Waals surface area (Å²) in [6, 6.07) is 0.385. The number of nitrogens with zero attached hydrogens (tertiary/aromatic N) is 4. The van der Waals surface area contributed by atoms with Crippen LogP contribution in [0.4, 0.5) is 0 Å². The van der Waals surface area contributed by atoms with Crippen molar-refractivity contribution in [1.29, 1.82) is 0 Å². The van der Waals surface area contributed by atoms with Crippen LogP contribution in [-0.4, -0.2) is 50.2 Å². The minimum absolute atomic E-state index is 0.214. The van der Waals surface area contributed by atoms with Crippen LogP contribution in [0.5, 0.6) is 0 Å². The molecule has 0 saturated heterocycles. The summed E-state index contributed by atoms with van der Waals surface area (Å²) in [5, 5.41) is 11.5. The van der Waals surface area contributed by atoms with Gasteiger partial charge < -0.3 is 15.6 Å². The lowest BCUT2D eigenvalue weighted by Gasteiger charge is -2.44. The van der Waals surface area contributed by atoms with E-state index in [2.05, 4.69) is 25.0 Å². The molecule has 3 rings (SSSR count). The zero-order valence-corrected chi connectivity index (χ0v) is 12.6. The van der Waals surface area contributed by atoms with Crippen molar-refractivity contribution in [2.24, 2.45) is 5.73 Å². The van der Waals surface area contributed by atoms with Crippen LogP contribution < -0.4 is 11.1 Å². The van der Waals surface area contributed by atoms with Crippen LogP contribution in [0.15, 0.2) is 6.33 Å². The number of primary amides is 1. The molecule has 1 aliphatic carbocycles. The highest BCUT2D eigenvalue weighted by Crippen LogP contribution is 2.32. The number of nitrogens with one attached hydrogen (secondary N) is 1. The number of likely N-dealkylation sites (N-methyl/N-ethyl adjacent to an activating group) is 1. The van der Waals surface area contributed by atoms with Crippen molar-refractivity contribution in [2.45, 2.75) is 57.3 Å². The Kier molecular flexibility index (Phi) is 3.95. The van der Waals surface area contributed by atoms with Crippen LogP contribution in [0.3, 0.4) is 0 Å². The van der Waals surface area contributed by atoms with Crippen LogP contribution in [0, 0.1) is 0 Å². The standard InChI is InChI=1S/C14H24N6O/c1-2-16-14(13(15)21)5-3-4-11(8-14)19-6-7-20-10-17-18-12(20)9-19/h10-11,16H,2-9H2,1H3,(H2,15,21). The summed E-state index contributed by atoms with van der Waals surface area (Å²) in [6.07, 6.45) is 5.58. The number of carbonyl (C=O) groups excluding carboxylic acids is 1. The molecule has 2 heterocycles. The average Bonchev–Trinajstić information content (AvgIpc) is 2.95. The molecular weight excluding hydrogens is 268 g/mol. The number of amides is 1. The third-order valence-electron chi connectivity index (χ3n) is 4.90. The van der Waals surface area contributed by atoms with E-state index in [0.29, 0.717) is 6.04 Å². The number of rotatable bonds is 4. The van der Waals surface area contributed by atoms with E-state index in [4.69, 9.17) is 5.73 Å². The molecule has 2 unspecified atom stereocenters. The van der Waals surface area contributed by atoms with Crippen molar-refractivity contribution in [3.8, 4) is 0 Å². The molecule has 1 aromatic heterocycles. The predicted octanol–water partition coefficient (Wildman–Crippen LogP) is -0.130. The summed E-state index contributed by atoms with van der Waals surface area (Å²) in [5.74, 6) is 0.800. The molecule has 7 heteroatoms. The summed E-state index contributed by atoms with van der Waals surface area (Å²) in [7, 11) is 0. The van der Waals surface area contributed by atoms with E-state index in [1.807, 2.05) is 6.92 Å². The molecule has 2 aliphatic rings. The molecule has 0 aromatic carbocycles. The van der Waals surface area contributed by atoms with Crippen molar-refractivity contribution in [1.82, 2.24) is 25.0 Å². The first-order valence-electron chi connectivity index (χ1n) is 7.80. The summed E-state index contributed by atoms with van der Waals surface area (Å²) < 4.78 is 2.10. The van der Waals surface area contributed by atoms with E-state index in [1.54, 1.807) is 6.33 Å². The maximum atomic E-state index is 12.0. The van der Waals surface area contributed by atoms with Gasteiger partial charge in [0.2, 0.25) is 5.91 Å². The maximum absolute atomic E-state index is 12.0. The van der Waals surface area contributed by atoms with Crippen molar-refractivity contribution < 1.29 is 4.79 Å². The molecule has 3 N–H and O–H groups in total. The van der Waals surface area contributed by atoms with Crippen LogP contribution >= 0.6 is 0 Å². The Hall–Kier alpha value is -1.47. The minimum atomic E-state index is -0.539. The van der Waals surface area contributed by atoms with Gasteiger partial charge in [-0.15, -0.1) is 10.2 Å². The molecule has 1 aromatic rings. The quantitative estimate of drug-likeness (QED) is 0.807. The normalized spacial score (nSPS) is 30.0. The molecule has 7 nitrogen and oxygen atoms in total. The van der Waals surface area contributed by atoms with Gasteiger partial charge in [0, 0.05) is 19.1 Å². The highest BCUT2D eigenvalue weighted by molar-refractivity contribution is 5.84. The van der Waals surface area contributed by atoms with Gasteiger partial charge in [0.1, 0.15) is 12.2 Å². The molecule has 0 spiro atoms. The Morgan fingerprint density at radius 1 is 1.57 bits per heavy atom. The van der Waals surface area contributed by atoms with Crippen LogP contribution in [0.2, 0.25) is 0 Å². The summed E-state index contributed by atoms with van der Waals surface area (Å²) >= 11 is 0. The van der Waals surface area contributed by atoms with Crippen LogP contribution in [0.25, 0.3) is 0 Å². The lowest BCUT2D eigenvalue weighted by molar-refractivity contribution is -0.126. The highest BCUT2D eigenvalue weighted by atomic mass is 16.1. The molecule has 1 fully saturated rings. The van der Waals surface area contributed by atoms with E-state index >= 15 is 0 Å². The lowest BCUT2D eigenvalue weighted by Crippen LogP contribution is -2.61. The fraction of sp³-hybridized carbons (Fsp3) is 0.786. The number of nitrogens with two attached hydrogens (primary N) is 1. The largest absolute Gasteiger partial charge is 0.368 e. The second kappa shape index (κ2) is 5.73. The molecule has 0 bridgehead atoms. The van der Waals surface area contributed by atoms with E-state index in [1.165, 1.54) is 0 Å². The molecule has 1 aliphatic heterocycles. The fourth-order valence-electron chi connectivity index (χ4n) is 3.76. The van der Waals surface area contributed by atoms with Crippen molar-refractivity contribution in [2.75, 3.05) is 13.1 Å². The molecule has 1 amide bonds. The monoisotopic (exact) mass is 292 g/mol. The first-order valence-corrected chi connectivity index (χ1v) is 7.80. The van der Waals surface area contributed by atoms with Gasteiger partial charge in [0.25, 0.3) is 0 Å². The van der Waals surface area contributed by atoms with Gasteiger partial charge in [-0.25, -0.2) is 0 Å². The highest BCUT2D eigenvalue weighted by Gasteiger charge is 2.42. The second-order valence-electron chi connectivity index (χ2n) is 6.14. The number of fused-ring (bicyclic) bond motifs is 1. The average molecular weight is 292 g/mol. The number of hydrogen-bond acceptors (Lipinski definition) is 5. The van der Waals surface area contributed by atoms with Gasteiger partial charge in [-0.3, -0.25) is 9.69 Å². The third kappa shape index (κ3) is 2.67. The Labute approximate surface area is 124 Å². The van der Waals surface area contributed by atoms with E-state index in [0.717, 1.165) is 57.7 Å². The third-order valence-corrected chi connectivity index (χ3v) is 4.90. The van der Waals surface area contributed by atoms with Gasteiger partial charge in [-0.1, -0.05) is 6.92 Å². The zero-order valence-electron chi connectivity index (χ0n) is 12.6. The summed E-state index contributed by atoms with van der Waals surface area (Å²) in [4.78, 5) is 14.4. The van der Waals surface area contributed by atoms with E-state index in [-0.39, 0.29) is 5.91 Å². The number of aromatic nitrogens is 3. The Morgan fingerprint density at radius 2 is 2.43 bits per heavy atom. The molecule has 2 atom stereocenters. The second-order valence-corrected chi connectivity index (χ2v) is 6.14. The van der Waals surface area contributed by atoms with Gasteiger partial charge in [0.05, 0.1) is 12.1 Å². The van der Waals surface area contributed by atoms with E-state index < -0.39 is 5.54 Å². The summed E-state index contributed by atoms with van der Waals surface area (Å²) in [5.41, 5.74) is 5.15.